The minimum atomic E-state index is -2.72. The standard InChI is InChI=1S/C22H18NS.3C4H9.Sn/c24-22(16-15-18-9-3-1-4-10-18)23-21-14-8-7-13-20(21)17-19-11-5-2-6-12-19;3*1-3-4-2;/h1-17H,(H,23,24);3*1,3-4H2,2H3;/b16-15+;;;;. The van der Waals surface area contributed by atoms with Crippen LogP contribution in [0.2, 0.25) is 13.3 Å². The van der Waals surface area contributed by atoms with E-state index in [-0.39, 0.29) is 0 Å². The monoisotopic (exact) mass is 619 g/mol. The van der Waals surface area contributed by atoms with Crippen molar-refractivity contribution < 1.29 is 0 Å². The fraction of sp³-hybridized carbons (Fsp3) is 0.382. The molecule has 0 saturated carbocycles. The van der Waals surface area contributed by atoms with Crippen molar-refractivity contribution in [2.75, 3.05) is 5.32 Å². The number of anilines is 1. The molecule has 0 spiro atoms. The van der Waals surface area contributed by atoms with Gasteiger partial charge in [0.1, 0.15) is 0 Å². The van der Waals surface area contributed by atoms with Crippen molar-refractivity contribution in [1.29, 1.82) is 0 Å². The van der Waals surface area contributed by atoms with Crippen LogP contribution in [0.1, 0.15) is 79.9 Å². The summed E-state index contributed by atoms with van der Waals surface area (Å²) in [4.78, 5) is 0.764. The number of hydrogen-bond donors (Lipinski definition) is 1. The van der Waals surface area contributed by atoms with Gasteiger partial charge < -0.3 is 0 Å². The predicted molar refractivity (Wildman–Crippen MR) is 171 cm³/mol. The molecule has 1 unspecified atom stereocenters. The van der Waals surface area contributed by atoms with Gasteiger partial charge in [-0.2, -0.15) is 0 Å². The van der Waals surface area contributed by atoms with Gasteiger partial charge in [0, 0.05) is 0 Å². The van der Waals surface area contributed by atoms with Crippen LogP contribution in [0.5, 0.6) is 0 Å². The Hall–Kier alpha value is -1.91. The Morgan fingerprint density at radius 2 is 1.24 bits per heavy atom. The number of hydrogen-bond acceptors (Lipinski definition) is 1. The Morgan fingerprint density at radius 1 is 0.730 bits per heavy atom. The number of benzene rings is 3. The van der Waals surface area contributed by atoms with Gasteiger partial charge in [-0.1, -0.05) is 0 Å². The van der Waals surface area contributed by atoms with Crippen LogP contribution in [0.25, 0.3) is 6.08 Å². The SMILES string of the molecule is CCC[CH2][Sn]([CH2]CCC)([CH2]CCC)[CH](c1ccccc1)c1ccccc1NC(=S)/C=C/c1ccccc1. The first-order valence-electron chi connectivity index (χ1n) is 14.3. The summed E-state index contributed by atoms with van der Waals surface area (Å²) in [7, 11) is 0. The molecule has 0 aliphatic heterocycles. The molecule has 0 aromatic heterocycles. The van der Waals surface area contributed by atoms with E-state index in [1.54, 1.807) is 0 Å². The van der Waals surface area contributed by atoms with Crippen molar-refractivity contribution in [3.05, 3.63) is 108 Å². The molecule has 0 bridgehead atoms. The van der Waals surface area contributed by atoms with Crippen molar-refractivity contribution >= 4 is 47.3 Å². The van der Waals surface area contributed by atoms with Crippen molar-refractivity contribution in [1.82, 2.24) is 0 Å². The van der Waals surface area contributed by atoms with Crippen molar-refractivity contribution in [3.63, 3.8) is 0 Å². The second kappa shape index (κ2) is 16.1. The molecule has 37 heavy (non-hydrogen) atoms. The van der Waals surface area contributed by atoms with Crippen LogP contribution in [0.15, 0.2) is 91.0 Å². The van der Waals surface area contributed by atoms with Gasteiger partial charge in [-0.05, 0) is 0 Å². The summed E-state index contributed by atoms with van der Waals surface area (Å²) in [5, 5.41) is 3.65. The second-order valence-electron chi connectivity index (χ2n) is 10.3. The molecule has 0 fully saturated rings. The Morgan fingerprint density at radius 3 is 1.81 bits per heavy atom. The molecule has 1 nitrogen and oxygen atoms in total. The van der Waals surface area contributed by atoms with Gasteiger partial charge in [0.25, 0.3) is 0 Å². The van der Waals surface area contributed by atoms with E-state index in [2.05, 4.69) is 111 Å². The Balaban J connectivity index is 2.06. The zero-order valence-corrected chi connectivity index (χ0v) is 26.8. The summed E-state index contributed by atoms with van der Waals surface area (Å²) in [6, 6.07) is 30.8. The molecular weight excluding hydrogens is 573 g/mol. The van der Waals surface area contributed by atoms with Gasteiger partial charge in [0.2, 0.25) is 0 Å². The summed E-state index contributed by atoms with van der Waals surface area (Å²) < 4.78 is 4.94. The normalized spacial score (nSPS) is 12.5. The molecule has 1 N–H and O–H groups in total. The van der Waals surface area contributed by atoms with Crippen LogP contribution < -0.4 is 5.32 Å². The zero-order valence-electron chi connectivity index (χ0n) is 23.1. The molecule has 0 heterocycles. The first-order valence-corrected chi connectivity index (χ1v) is 22.4. The third-order valence-corrected chi connectivity index (χ3v) is 24.7. The van der Waals surface area contributed by atoms with E-state index in [0.717, 1.165) is 10.6 Å². The van der Waals surface area contributed by atoms with Crippen LogP contribution in [-0.2, 0) is 0 Å². The second-order valence-corrected chi connectivity index (χ2v) is 24.5. The van der Waals surface area contributed by atoms with Gasteiger partial charge in [-0.25, -0.2) is 0 Å². The Kier molecular flexibility index (Phi) is 12.9. The Labute approximate surface area is 235 Å². The Bertz CT molecular complexity index is 1070. The molecule has 3 aromatic rings. The van der Waals surface area contributed by atoms with Gasteiger partial charge in [0.05, 0.1) is 0 Å². The van der Waals surface area contributed by atoms with E-state index < -0.39 is 18.4 Å². The molecule has 0 aliphatic carbocycles. The number of nitrogens with one attached hydrogen (secondary N) is 1. The molecule has 196 valence electrons. The molecule has 1 atom stereocenters. The van der Waals surface area contributed by atoms with Crippen molar-refractivity contribution in [3.8, 4) is 0 Å². The predicted octanol–water partition coefficient (Wildman–Crippen LogP) is 10.7. The van der Waals surface area contributed by atoms with E-state index in [0.29, 0.717) is 3.93 Å². The van der Waals surface area contributed by atoms with E-state index >= 15 is 0 Å². The summed E-state index contributed by atoms with van der Waals surface area (Å²) in [6.45, 7) is 7.09. The van der Waals surface area contributed by atoms with Gasteiger partial charge in [-0.15, -0.1) is 0 Å². The molecule has 3 aromatic carbocycles. The zero-order chi connectivity index (χ0) is 26.3. The number of unbranched alkanes of at least 4 members (excludes halogenated alkanes) is 3. The van der Waals surface area contributed by atoms with Crippen molar-refractivity contribution in [2.45, 2.75) is 76.5 Å². The molecule has 0 radical (unpaired) electrons. The molecule has 3 rings (SSSR count). The average Bonchev–Trinajstić information content (AvgIpc) is 2.94. The fourth-order valence-electron chi connectivity index (χ4n) is 5.68. The van der Waals surface area contributed by atoms with Gasteiger partial charge in [0.15, 0.2) is 0 Å². The van der Waals surface area contributed by atoms with Crippen LogP contribution in [0.4, 0.5) is 5.69 Å². The molecule has 0 amide bonds. The average molecular weight is 619 g/mol. The number of rotatable bonds is 15. The number of para-hydroxylation sites is 1. The molecular formula is C34H45NSSn. The maximum absolute atomic E-state index is 5.82. The summed E-state index contributed by atoms with van der Waals surface area (Å²) in [5.74, 6) is 0. The first-order chi connectivity index (χ1) is 18.1. The minimum absolute atomic E-state index is 0.532. The fourth-order valence-corrected chi connectivity index (χ4v) is 24.7. The summed E-state index contributed by atoms with van der Waals surface area (Å²) in [6.07, 6.45) is 12.1. The third kappa shape index (κ3) is 8.82. The van der Waals surface area contributed by atoms with E-state index in [1.807, 2.05) is 12.1 Å². The van der Waals surface area contributed by atoms with Crippen LogP contribution in [0, 0.1) is 0 Å². The summed E-state index contributed by atoms with van der Waals surface area (Å²) >= 11 is 3.10. The quantitative estimate of drug-likeness (QED) is 0.103. The summed E-state index contributed by atoms with van der Waals surface area (Å²) in [5.41, 5.74) is 5.32. The van der Waals surface area contributed by atoms with E-state index in [1.165, 1.54) is 68.6 Å². The van der Waals surface area contributed by atoms with Gasteiger partial charge >= 0.3 is 237 Å². The first kappa shape index (κ1) is 29.6. The third-order valence-electron chi connectivity index (χ3n) is 7.59. The molecule has 0 aliphatic rings. The topological polar surface area (TPSA) is 12.0 Å². The van der Waals surface area contributed by atoms with Crippen LogP contribution in [-0.4, -0.2) is 23.4 Å². The van der Waals surface area contributed by atoms with Gasteiger partial charge in [-0.3, -0.25) is 0 Å². The maximum atomic E-state index is 5.82. The van der Waals surface area contributed by atoms with Crippen LogP contribution in [0.3, 0.4) is 0 Å². The number of thiocarbonyl (C=S) groups is 1. The van der Waals surface area contributed by atoms with E-state index in [9.17, 15) is 0 Å². The molecule has 0 saturated heterocycles. The molecule has 3 heteroatoms. The van der Waals surface area contributed by atoms with E-state index in [4.69, 9.17) is 12.2 Å². The van der Waals surface area contributed by atoms with Crippen LogP contribution >= 0.6 is 12.2 Å². The van der Waals surface area contributed by atoms with Crippen molar-refractivity contribution in [2.24, 2.45) is 0 Å².